The van der Waals surface area contributed by atoms with Gasteiger partial charge in [0.1, 0.15) is 0 Å². The molecule has 64 heavy (non-hydrogen) atoms. The van der Waals surface area contributed by atoms with Gasteiger partial charge in [-0.3, -0.25) is 0 Å². The minimum Gasteiger partial charge on any atom is -0.490 e. The molecule has 6 aromatic rings. The molecule has 0 aliphatic rings. The van der Waals surface area contributed by atoms with Crippen LogP contribution in [0.4, 0.5) is 0 Å². The second-order valence-corrected chi connectivity index (χ2v) is 19.0. The molecule has 0 aliphatic heterocycles. The van der Waals surface area contributed by atoms with Gasteiger partial charge >= 0.3 is 0 Å². The molecule has 0 radical (unpaired) electrons. The summed E-state index contributed by atoms with van der Waals surface area (Å²) in [7, 11) is 0. The number of ether oxygens (including phenoxy) is 2. The zero-order chi connectivity index (χ0) is 44.3. The third kappa shape index (κ3) is 15.7. The van der Waals surface area contributed by atoms with Crippen LogP contribution in [0.1, 0.15) is 194 Å². The maximum Gasteiger partial charge on any atom is 0.161 e. The molecule has 0 N–H and O–H groups in total. The number of hydrogen-bond donors (Lipinski definition) is 0. The maximum atomic E-state index is 6.82. The number of rotatable bonds is 34. The van der Waals surface area contributed by atoms with E-state index in [1.54, 1.807) is 0 Å². The van der Waals surface area contributed by atoms with E-state index in [4.69, 9.17) is 9.47 Å². The van der Waals surface area contributed by atoms with Crippen molar-refractivity contribution < 1.29 is 9.47 Å². The third-order valence-corrected chi connectivity index (χ3v) is 13.7. The highest BCUT2D eigenvalue weighted by molar-refractivity contribution is 6.24. The number of hydrogen-bond acceptors (Lipinski definition) is 2. The van der Waals surface area contributed by atoms with Crippen molar-refractivity contribution in [3.63, 3.8) is 0 Å². The van der Waals surface area contributed by atoms with E-state index in [2.05, 4.69) is 123 Å². The summed E-state index contributed by atoms with van der Waals surface area (Å²) < 4.78 is 13.6. The molecule has 0 saturated carbocycles. The molecule has 0 heterocycles. The molecule has 6 aromatic carbocycles. The molecule has 0 aromatic heterocycles. The summed E-state index contributed by atoms with van der Waals surface area (Å²) in [6.45, 7) is 6.03. The second-order valence-electron chi connectivity index (χ2n) is 19.0. The molecule has 0 unspecified atom stereocenters. The Morgan fingerprint density at radius 2 is 0.547 bits per heavy atom. The van der Waals surface area contributed by atoms with Crippen molar-refractivity contribution in [1.29, 1.82) is 0 Å². The van der Waals surface area contributed by atoms with Crippen LogP contribution in [-0.4, -0.2) is 13.2 Å². The second kappa shape index (κ2) is 29.3. The van der Waals surface area contributed by atoms with Gasteiger partial charge in [0.15, 0.2) is 11.5 Å². The molecule has 6 rings (SSSR count). The highest BCUT2D eigenvalue weighted by Crippen LogP contribution is 2.48. The number of fused-ring (bicyclic) bond motifs is 3. The molecular weight excluding hydrogens is 777 g/mol. The smallest absolute Gasteiger partial charge is 0.161 e. The molecular formula is C62H84O2. The van der Waals surface area contributed by atoms with E-state index in [1.807, 2.05) is 0 Å². The first-order valence-electron chi connectivity index (χ1n) is 26.6. The van der Waals surface area contributed by atoms with Crippen LogP contribution in [0, 0.1) is 0 Å². The van der Waals surface area contributed by atoms with Crippen LogP contribution in [0.3, 0.4) is 0 Å². The quantitative estimate of drug-likeness (QED) is 0.0297. The van der Waals surface area contributed by atoms with Gasteiger partial charge in [-0.15, -0.1) is 0 Å². The van der Waals surface area contributed by atoms with Crippen LogP contribution in [0.2, 0.25) is 0 Å². The zero-order valence-electron chi connectivity index (χ0n) is 40.4. The highest BCUT2D eigenvalue weighted by atomic mass is 16.5. The van der Waals surface area contributed by atoms with E-state index in [1.165, 1.54) is 222 Å². The minimum atomic E-state index is 0.711. The van der Waals surface area contributed by atoms with Crippen LogP contribution in [0.25, 0.3) is 54.6 Å². The normalized spacial score (nSPS) is 11.6. The number of benzene rings is 6. The minimum absolute atomic E-state index is 0.711. The van der Waals surface area contributed by atoms with E-state index in [-0.39, 0.29) is 0 Å². The fourth-order valence-corrected chi connectivity index (χ4v) is 9.93. The average molecular weight is 861 g/mol. The Kier molecular flexibility index (Phi) is 22.5. The monoisotopic (exact) mass is 861 g/mol. The van der Waals surface area contributed by atoms with E-state index in [9.17, 15) is 0 Å². The zero-order valence-corrected chi connectivity index (χ0v) is 40.4. The first kappa shape index (κ1) is 49.1. The van der Waals surface area contributed by atoms with Crippen molar-refractivity contribution in [2.45, 2.75) is 194 Å². The molecule has 2 heteroatoms. The highest BCUT2D eigenvalue weighted by Gasteiger charge is 2.21. The van der Waals surface area contributed by atoms with Crippen LogP contribution < -0.4 is 9.47 Å². The Bertz CT molecular complexity index is 2010. The molecule has 0 aliphatic carbocycles. The molecule has 0 spiro atoms. The molecule has 2 nitrogen and oxygen atoms in total. The van der Waals surface area contributed by atoms with Crippen LogP contribution >= 0.6 is 0 Å². The summed E-state index contributed by atoms with van der Waals surface area (Å²) in [5.41, 5.74) is 4.97. The first-order chi connectivity index (χ1) is 31.8. The fourth-order valence-electron chi connectivity index (χ4n) is 9.93. The Balaban J connectivity index is 1.15. The molecule has 0 saturated heterocycles. The lowest BCUT2D eigenvalue weighted by Crippen LogP contribution is -2.04. The van der Waals surface area contributed by atoms with Crippen LogP contribution in [0.5, 0.6) is 11.5 Å². The van der Waals surface area contributed by atoms with Crippen molar-refractivity contribution in [1.82, 2.24) is 0 Å². The number of unbranched alkanes of at least 4 members (excludes halogenated alkanes) is 26. The Morgan fingerprint density at radius 3 is 0.859 bits per heavy atom. The van der Waals surface area contributed by atoms with Crippen LogP contribution in [-0.2, 0) is 0 Å². The summed E-state index contributed by atoms with van der Waals surface area (Å²) in [4.78, 5) is 0. The maximum absolute atomic E-state index is 6.82. The van der Waals surface area contributed by atoms with Crippen molar-refractivity contribution in [2.24, 2.45) is 0 Å². The summed E-state index contributed by atoms with van der Waals surface area (Å²) in [6, 6.07) is 40.2. The summed E-state index contributed by atoms with van der Waals surface area (Å²) in [6.07, 6.45) is 37.9. The SMILES string of the molecule is CCCCCCCCCCCCCCCCOc1cc2c(-c3ccccc3)c3cc4ccccc4cc3c(-c3ccccc3)c2cc1OCCCCCCCCCCCCCCCC. The lowest BCUT2D eigenvalue weighted by Gasteiger charge is -2.21. The van der Waals surface area contributed by atoms with Crippen LogP contribution in [0.15, 0.2) is 109 Å². The molecule has 0 bridgehead atoms. The van der Waals surface area contributed by atoms with E-state index < -0.39 is 0 Å². The lowest BCUT2D eigenvalue weighted by atomic mass is 9.84. The average Bonchev–Trinajstić information content (AvgIpc) is 3.33. The van der Waals surface area contributed by atoms with Gasteiger partial charge in [0.05, 0.1) is 13.2 Å². The predicted octanol–water partition coefficient (Wildman–Crippen LogP) is 20.2. The predicted molar refractivity (Wildman–Crippen MR) is 281 cm³/mol. The van der Waals surface area contributed by atoms with Gasteiger partial charge in [0, 0.05) is 0 Å². The molecule has 0 atom stereocenters. The van der Waals surface area contributed by atoms with Gasteiger partial charge < -0.3 is 9.47 Å². The van der Waals surface area contributed by atoms with Gasteiger partial charge in [-0.1, -0.05) is 266 Å². The largest absolute Gasteiger partial charge is 0.490 e. The summed E-state index contributed by atoms with van der Waals surface area (Å²) >= 11 is 0. The van der Waals surface area contributed by atoms with Gasteiger partial charge in [-0.2, -0.15) is 0 Å². The molecule has 0 fully saturated rings. The standard InChI is InChI=1S/C62H84O2/c1-3-5-7-9-11-13-15-17-19-21-23-25-27-37-45-63-59-49-57-58(50-60(59)64-46-38-28-26-24-22-20-18-16-14-12-10-8-6-4-2)62(52-41-33-30-34-42-52)56-48-54-44-36-35-43-53(54)47-55(56)61(57)51-39-31-29-32-40-51/h29-36,39-44,47-50H,3-28,37-38,45-46H2,1-2H3. The van der Waals surface area contributed by atoms with Gasteiger partial charge in [-0.25, -0.2) is 0 Å². The van der Waals surface area contributed by atoms with Crippen molar-refractivity contribution in [3.05, 3.63) is 109 Å². The topological polar surface area (TPSA) is 18.5 Å². The van der Waals surface area contributed by atoms with E-state index in [0.29, 0.717) is 13.2 Å². The summed E-state index contributed by atoms with van der Waals surface area (Å²) in [5.74, 6) is 1.76. The third-order valence-electron chi connectivity index (χ3n) is 13.7. The Labute approximate surface area is 389 Å². The summed E-state index contributed by atoms with van der Waals surface area (Å²) in [5, 5.41) is 7.48. The van der Waals surface area contributed by atoms with Crippen molar-refractivity contribution in [3.8, 4) is 33.8 Å². The molecule has 0 amide bonds. The Hall–Kier alpha value is -4.30. The Morgan fingerprint density at radius 1 is 0.281 bits per heavy atom. The van der Waals surface area contributed by atoms with E-state index >= 15 is 0 Å². The van der Waals surface area contributed by atoms with Gasteiger partial charge in [-0.05, 0) is 91.7 Å². The lowest BCUT2D eigenvalue weighted by molar-refractivity contribution is 0.259. The van der Waals surface area contributed by atoms with Gasteiger partial charge in [0.25, 0.3) is 0 Å². The fraction of sp³-hybridized carbons (Fsp3) is 0.516. The van der Waals surface area contributed by atoms with E-state index in [0.717, 1.165) is 24.3 Å². The first-order valence-corrected chi connectivity index (χ1v) is 26.6. The van der Waals surface area contributed by atoms with Crippen molar-refractivity contribution >= 4 is 32.3 Å². The van der Waals surface area contributed by atoms with Gasteiger partial charge in [0.2, 0.25) is 0 Å². The molecule has 344 valence electrons. The van der Waals surface area contributed by atoms with Crippen molar-refractivity contribution in [2.75, 3.05) is 13.2 Å².